The van der Waals surface area contributed by atoms with Gasteiger partial charge in [-0.05, 0) is 35.4 Å². The number of hydrogen-bond acceptors (Lipinski definition) is 5. The molecule has 0 fully saturated rings. The van der Waals surface area contributed by atoms with Crippen molar-refractivity contribution in [1.82, 2.24) is 9.88 Å². The molecular weight excluding hydrogens is 444 g/mol. The van der Waals surface area contributed by atoms with Crippen molar-refractivity contribution in [2.24, 2.45) is 10.2 Å². The van der Waals surface area contributed by atoms with Crippen molar-refractivity contribution < 1.29 is 19.4 Å². The number of para-hydroxylation sites is 1. The van der Waals surface area contributed by atoms with E-state index in [4.69, 9.17) is 4.74 Å². The Morgan fingerprint density at radius 3 is 2.46 bits per heavy atom. The van der Waals surface area contributed by atoms with Gasteiger partial charge in [-0.25, -0.2) is 0 Å². The first-order chi connectivity index (χ1) is 17.0. The van der Waals surface area contributed by atoms with Crippen LogP contribution < -0.4 is 10.1 Å². The second kappa shape index (κ2) is 10.9. The summed E-state index contributed by atoms with van der Waals surface area (Å²) in [6.07, 6.45) is 2.95. The largest absolute Gasteiger partial charge is 0.497 e. The number of carbonyl (C=O) groups excluding carboxylic acids is 2. The second-order valence-corrected chi connectivity index (χ2v) is 7.68. The molecule has 4 aromatic rings. The Balaban J connectivity index is 1.41. The van der Waals surface area contributed by atoms with E-state index in [1.54, 1.807) is 36.0 Å². The van der Waals surface area contributed by atoms with Gasteiger partial charge in [0.25, 0.3) is 5.91 Å². The van der Waals surface area contributed by atoms with Crippen molar-refractivity contribution >= 4 is 34.5 Å². The number of benzene rings is 3. The Hall–Kier alpha value is -4.72. The third kappa shape index (κ3) is 5.80. The maximum absolute atomic E-state index is 12.2. The van der Waals surface area contributed by atoms with Crippen LogP contribution in [0.1, 0.15) is 11.1 Å². The van der Waals surface area contributed by atoms with Crippen LogP contribution in [0, 0.1) is 0 Å². The fourth-order valence-electron chi connectivity index (χ4n) is 3.55. The van der Waals surface area contributed by atoms with Crippen molar-refractivity contribution in [2.45, 2.75) is 6.54 Å². The van der Waals surface area contributed by atoms with Gasteiger partial charge in [0.2, 0.25) is 11.8 Å². The van der Waals surface area contributed by atoms with Crippen LogP contribution in [0.3, 0.4) is 0 Å². The molecule has 2 amide bonds. The zero-order chi connectivity index (χ0) is 24.6. The fraction of sp³-hybridized carbons (Fsp3) is 0.111. The smallest absolute Gasteiger partial charge is 0.283 e. The standard InChI is InChI=1S/C27H24N4O4/c1-35-21-14-11-19(12-15-21)13-16-24(32)28-17-25(33)29-30-26-22-9-5-6-10-23(22)31(27(26)34)18-20-7-3-2-4-8-20/h2-16,34H,17-18H2,1H3,(H,28,32)/b16-13+,30-29?. The van der Waals surface area contributed by atoms with Crippen LogP contribution in [-0.4, -0.2) is 35.1 Å². The molecule has 1 aromatic heterocycles. The quantitative estimate of drug-likeness (QED) is 0.285. The van der Waals surface area contributed by atoms with E-state index >= 15 is 0 Å². The maximum Gasteiger partial charge on any atom is 0.283 e. The minimum Gasteiger partial charge on any atom is -0.497 e. The lowest BCUT2D eigenvalue weighted by atomic mass is 10.2. The summed E-state index contributed by atoms with van der Waals surface area (Å²) in [5, 5.41) is 21.7. The summed E-state index contributed by atoms with van der Waals surface area (Å²) in [7, 11) is 1.58. The first-order valence-electron chi connectivity index (χ1n) is 10.9. The molecule has 0 saturated heterocycles. The van der Waals surface area contributed by atoms with Gasteiger partial charge < -0.3 is 19.7 Å². The second-order valence-electron chi connectivity index (χ2n) is 7.68. The molecule has 0 bridgehead atoms. The van der Waals surface area contributed by atoms with Crippen LogP contribution in [0.25, 0.3) is 17.0 Å². The SMILES string of the molecule is COc1ccc(/C=C/C(=O)NCC(=O)N=Nc2c(O)n(Cc3ccccc3)c3ccccc23)cc1. The van der Waals surface area contributed by atoms with Gasteiger partial charge in [-0.15, -0.1) is 10.2 Å². The number of aromatic hydroxyl groups is 1. The molecule has 4 rings (SSSR count). The number of nitrogens with zero attached hydrogens (tertiary/aromatic N) is 3. The molecule has 3 aromatic carbocycles. The van der Waals surface area contributed by atoms with Gasteiger partial charge in [0.05, 0.1) is 19.2 Å². The molecule has 0 aliphatic rings. The molecule has 0 radical (unpaired) electrons. The van der Waals surface area contributed by atoms with Gasteiger partial charge in [-0.1, -0.05) is 60.7 Å². The number of nitrogens with one attached hydrogen (secondary N) is 1. The average Bonchev–Trinajstić information content (AvgIpc) is 3.16. The van der Waals surface area contributed by atoms with Gasteiger partial charge in [0.15, 0.2) is 5.69 Å². The summed E-state index contributed by atoms with van der Waals surface area (Å²) < 4.78 is 6.81. The topological polar surface area (TPSA) is 105 Å². The lowest BCUT2D eigenvalue weighted by Gasteiger charge is -2.06. The van der Waals surface area contributed by atoms with Crippen LogP contribution in [0.5, 0.6) is 11.6 Å². The highest BCUT2D eigenvalue weighted by Gasteiger charge is 2.17. The first-order valence-corrected chi connectivity index (χ1v) is 10.9. The van der Waals surface area contributed by atoms with Crippen molar-refractivity contribution in [3.63, 3.8) is 0 Å². The van der Waals surface area contributed by atoms with Crippen LogP contribution in [0.15, 0.2) is 95.2 Å². The molecule has 8 heteroatoms. The summed E-state index contributed by atoms with van der Waals surface area (Å²) in [6.45, 7) is 0.117. The van der Waals surface area contributed by atoms with E-state index in [-0.39, 0.29) is 18.1 Å². The Morgan fingerprint density at radius 2 is 1.71 bits per heavy atom. The Morgan fingerprint density at radius 1 is 1.00 bits per heavy atom. The number of rotatable bonds is 8. The van der Waals surface area contributed by atoms with Crippen LogP contribution in [0.2, 0.25) is 0 Å². The molecule has 8 nitrogen and oxygen atoms in total. The molecule has 0 saturated carbocycles. The zero-order valence-electron chi connectivity index (χ0n) is 19.1. The molecule has 0 aliphatic heterocycles. The summed E-state index contributed by atoms with van der Waals surface area (Å²) in [6, 6.07) is 24.3. The van der Waals surface area contributed by atoms with E-state index in [1.165, 1.54) is 6.08 Å². The third-order valence-corrected chi connectivity index (χ3v) is 5.32. The minimum absolute atomic E-state index is 0.0851. The van der Waals surface area contributed by atoms with Gasteiger partial charge in [0, 0.05) is 11.5 Å². The highest BCUT2D eigenvalue weighted by atomic mass is 16.5. The molecule has 0 unspecified atom stereocenters. The normalized spacial score (nSPS) is 11.3. The van der Waals surface area contributed by atoms with Crippen LogP contribution in [-0.2, 0) is 16.1 Å². The van der Waals surface area contributed by atoms with Gasteiger partial charge >= 0.3 is 0 Å². The Bertz CT molecular complexity index is 1390. The number of fused-ring (bicyclic) bond motifs is 1. The zero-order valence-corrected chi connectivity index (χ0v) is 19.1. The van der Waals surface area contributed by atoms with E-state index in [2.05, 4.69) is 15.5 Å². The number of aromatic nitrogens is 1. The van der Waals surface area contributed by atoms with E-state index in [0.717, 1.165) is 22.4 Å². The minimum atomic E-state index is -0.643. The number of methoxy groups -OCH3 is 1. The van der Waals surface area contributed by atoms with Crippen molar-refractivity contribution in [2.75, 3.05) is 13.7 Å². The molecule has 1 heterocycles. The van der Waals surface area contributed by atoms with E-state index in [1.807, 2.05) is 60.7 Å². The average molecular weight is 469 g/mol. The molecule has 176 valence electrons. The van der Waals surface area contributed by atoms with Crippen molar-refractivity contribution in [3.05, 3.63) is 96.1 Å². The number of ether oxygens (including phenoxy) is 1. The maximum atomic E-state index is 12.2. The summed E-state index contributed by atoms with van der Waals surface area (Å²) in [5.41, 5.74) is 2.80. The highest BCUT2D eigenvalue weighted by molar-refractivity contribution is 5.96. The monoisotopic (exact) mass is 468 g/mol. The predicted octanol–water partition coefficient (Wildman–Crippen LogP) is 4.84. The van der Waals surface area contributed by atoms with Gasteiger partial charge in [0.1, 0.15) is 12.3 Å². The lowest BCUT2D eigenvalue weighted by molar-refractivity contribution is -0.122. The van der Waals surface area contributed by atoms with Crippen LogP contribution >= 0.6 is 0 Å². The number of amides is 2. The molecule has 2 N–H and O–H groups in total. The van der Waals surface area contributed by atoms with E-state index in [9.17, 15) is 14.7 Å². The van der Waals surface area contributed by atoms with Crippen molar-refractivity contribution in [1.29, 1.82) is 0 Å². The Labute approximate surface area is 202 Å². The summed E-state index contributed by atoms with van der Waals surface area (Å²) in [5.74, 6) is -0.447. The predicted molar refractivity (Wildman–Crippen MR) is 134 cm³/mol. The number of azo groups is 1. The van der Waals surface area contributed by atoms with E-state index in [0.29, 0.717) is 11.9 Å². The highest BCUT2D eigenvalue weighted by Crippen LogP contribution is 2.39. The third-order valence-electron chi connectivity index (χ3n) is 5.32. The van der Waals surface area contributed by atoms with Gasteiger partial charge in [-0.2, -0.15) is 0 Å². The van der Waals surface area contributed by atoms with Gasteiger partial charge in [-0.3, -0.25) is 9.59 Å². The lowest BCUT2D eigenvalue weighted by Crippen LogP contribution is -2.26. The molecular formula is C27H24N4O4. The summed E-state index contributed by atoms with van der Waals surface area (Å²) >= 11 is 0. The van der Waals surface area contributed by atoms with Crippen molar-refractivity contribution in [3.8, 4) is 11.6 Å². The summed E-state index contributed by atoms with van der Waals surface area (Å²) in [4.78, 5) is 24.2. The fourth-order valence-corrected chi connectivity index (χ4v) is 3.55. The Kier molecular flexibility index (Phi) is 7.32. The first kappa shape index (κ1) is 23.4. The number of carbonyl (C=O) groups is 2. The van der Waals surface area contributed by atoms with E-state index < -0.39 is 11.8 Å². The van der Waals surface area contributed by atoms with Crippen LogP contribution in [0.4, 0.5) is 5.69 Å². The number of hydrogen-bond donors (Lipinski definition) is 2. The molecule has 0 atom stereocenters. The molecule has 35 heavy (non-hydrogen) atoms. The molecule has 0 spiro atoms. The molecule has 0 aliphatic carbocycles.